The van der Waals surface area contributed by atoms with Crippen LogP contribution in [0.1, 0.15) is 161 Å². The maximum absolute atomic E-state index is 2.98. The van der Waals surface area contributed by atoms with Gasteiger partial charge in [0.25, 0.3) is 6.71 Å². The zero-order valence-corrected chi connectivity index (χ0v) is 51.0. The molecule has 1 spiro atoms. The van der Waals surface area contributed by atoms with Crippen molar-refractivity contribution in [2.24, 2.45) is 11.8 Å². The van der Waals surface area contributed by atoms with Gasteiger partial charge in [0.2, 0.25) is 0 Å². The van der Waals surface area contributed by atoms with Crippen molar-refractivity contribution in [3.05, 3.63) is 197 Å². The summed E-state index contributed by atoms with van der Waals surface area (Å²) in [5, 5.41) is 1.38. The number of rotatable bonds is 5. The minimum Gasteiger partial charge on any atom is -0.335 e. The second kappa shape index (κ2) is 17.2. The molecule has 82 heavy (non-hydrogen) atoms. The summed E-state index contributed by atoms with van der Waals surface area (Å²) in [5.41, 5.74) is 27.4. The summed E-state index contributed by atoms with van der Waals surface area (Å²) in [6, 6.07) is 65.1. The summed E-state index contributed by atoms with van der Waals surface area (Å²) in [6.45, 7) is 26.9. The quantitative estimate of drug-likeness (QED) is 0.159. The van der Waals surface area contributed by atoms with E-state index >= 15 is 0 Å². The summed E-state index contributed by atoms with van der Waals surface area (Å²) in [4.78, 5) is 8.51. The number of fused-ring (bicyclic) bond motifs is 17. The highest BCUT2D eigenvalue weighted by Gasteiger charge is 2.64. The van der Waals surface area contributed by atoms with Crippen LogP contribution in [0.2, 0.25) is 0 Å². The molecule has 5 atom stereocenters. The van der Waals surface area contributed by atoms with Gasteiger partial charge in [-0.25, -0.2) is 0 Å². The Bertz CT molecular complexity index is 4150. The van der Waals surface area contributed by atoms with Crippen molar-refractivity contribution < 1.29 is 0 Å². The molecule has 16 rings (SSSR count). The van der Waals surface area contributed by atoms with Gasteiger partial charge in [0.15, 0.2) is 0 Å². The molecule has 3 nitrogen and oxygen atoms in total. The van der Waals surface area contributed by atoms with Crippen LogP contribution < -0.4 is 30.4 Å². The number of benzene rings is 8. The monoisotopic (exact) mass is 1090 g/mol. The summed E-state index contributed by atoms with van der Waals surface area (Å²) in [6.07, 6.45) is 10.0. The van der Waals surface area contributed by atoms with Gasteiger partial charge in [-0.2, -0.15) is 0 Å². The third kappa shape index (κ3) is 6.78. The van der Waals surface area contributed by atoms with Gasteiger partial charge in [-0.15, -0.1) is 11.3 Å². The molecule has 0 N–H and O–H groups in total. The van der Waals surface area contributed by atoms with Crippen molar-refractivity contribution in [3.8, 4) is 22.3 Å². The van der Waals surface area contributed by atoms with Crippen molar-refractivity contribution in [2.45, 2.75) is 160 Å². The van der Waals surface area contributed by atoms with Crippen molar-refractivity contribution in [3.63, 3.8) is 0 Å². The van der Waals surface area contributed by atoms with Crippen LogP contribution in [-0.2, 0) is 27.1 Å². The maximum Gasteiger partial charge on any atom is 0.264 e. The van der Waals surface area contributed by atoms with Gasteiger partial charge >= 0.3 is 0 Å². The summed E-state index contributed by atoms with van der Waals surface area (Å²) < 4.78 is 2.84. The number of anilines is 8. The first kappa shape index (κ1) is 50.9. The SMILES string of the molecule is CC(C)(C)c1ccc(N(c2ccccc2-c2ccccc2)c2ccc3c4c2C2(C)CCCCC2(C)N4c2cc(C(C)(C)C)cc4c2B3c2sc3ccc(C(C)(C)C)cc3c2N4c2cccc3c2-c2ccccc2C32CC3CCC2C3)cc1. The Labute approximate surface area is 492 Å². The molecule has 3 fully saturated rings. The lowest BCUT2D eigenvalue weighted by atomic mass is 9.36. The van der Waals surface area contributed by atoms with Crippen molar-refractivity contribution >= 4 is 89.3 Å². The van der Waals surface area contributed by atoms with Crippen LogP contribution in [-0.4, -0.2) is 12.3 Å². The Morgan fingerprint density at radius 3 is 1.99 bits per heavy atom. The Kier molecular flexibility index (Phi) is 10.6. The standard InChI is InChI=1S/C77H78BN3S/c1-72(2,3)49-32-35-53(36-33-49)79(60-28-18-16-24-54(60)48-22-13-12-14-23-48)62-38-37-59-70-67(62)75(10)40-19-20-41-76(75,11)81(70)64-45-52(74(7,8)9)44-63-68(64)78(59)71-69(56-43-50(73(4,5)6)34-39-65(56)82-71)80(63)61-29-21-27-58-66(61)55-25-15-17-26-57(55)77(58)46-47-30-31-51(77)42-47/h12-18,21-29,32-39,43-45,47,51H,19-20,30-31,40-42,46H2,1-11H3. The number of hydrogen-bond donors (Lipinski definition) is 0. The van der Waals surface area contributed by atoms with Crippen LogP contribution in [0.25, 0.3) is 32.3 Å². The second-order valence-electron chi connectivity index (χ2n) is 29.6. The smallest absolute Gasteiger partial charge is 0.264 e. The molecule has 1 aromatic heterocycles. The van der Waals surface area contributed by atoms with E-state index in [1.165, 1.54) is 154 Å². The molecule has 3 aliphatic heterocycles. The number of thiophene rings is 1. The van der Waals surface area contributed by atoms with E-state index in [1.54, 1.807) is 11.1 Å². The highest BCUT2D eigenvalue weighted by atomic mass is 32.1. The van der Waals surface area contributed by atoms with E-state index in [1.807, 2.05) is 0 Å². The third-order valence-corrected chi connectivity index (χ3v) is 23.3. The Morgan fingerprint density at radius 2 is 1.26 bits per heavy atom. The molecule has 8 aromatic carbocycles. The van der Waals surface area contributed by atoms with E-state index in [2.05, 4.69) is 266 Å². The van der Waals surface area contributed by atoms with E-state index in [9.17, 15) is 0 Å². The van der Waals surface area contributed by atoms with Gasteiger partial charge < -0.3 is 14.7 Å². The van der Waals surface area contributed by atoms with Crippen LogP contribution >= 0.6 is 11.3 Å². The Hall–Kier alpha value is -6.82. The third-order valence-electron chi connectivity index (χ3n) is 22.1. The van der Waals surface area contributed by atoms with Crippen LogP contribution in [0, 0.1) is 11.8 Å². The molecule has 3 saturated carbocycles. The molecule has 5 heteroatoms. The largest absolute Gasteiger partial charge is 0.335 e. The molecule has 2 bridgehead atoms. The average molecular weight is 1090 g/mol. The summed E-state index contributed by atoms with van der Waals surface area (Å²) in [7, 11) is 0. The fraction of sp³-hybridized carbons (Fsp3) is 0.351. The summed E-state index contributed by atoms with van der Waals surface area (Å²) in [5.74, 6) is 1.49. The molecule has 7 aliphatic rings. The lowest BCUT2D eigenvalue weighted by molar-refractivity contribution is 0.195. The van der Waals surface area contributed by atoms with Crippen LogP contribution in [0.3, 0.4) is 0 Å². The van der Waals surface area contributed by atoms with E-state index in [0.29, 0.717) is 5.92 Å². The van der Waals surface area contributed by atoms with Crippen molar-refractivity contribution in [1.29, 1.82) is 0 Å². The molecular weight excluding hydrogens is 1010 g/mol. The first-order chi connectivity index (χ1) is 39.3. The average Bonchev–Trinajstić information content (AvgIpc) is 1.50. The lowest BCUT2D eigenvalue weighted by Crippen LogP contribution is -2.64. The Morgan fingerprint density at radius 1 is 0.573 bits per heavy atom. The van der Waals surface area contributed by atoms with Gasteiger partial charge in [0, 0.05) is 65.1 Å². The van der Waals surface area contributed by atoms with E-state index < -0.39 is 0 Å². The molecule has 4 heterocycles. The number of hydrogen-bond acceptors (Lipinski definition) is 4. The summed E-state index contributed by atoms with van der Waals surface area (Å²) >= 11 is 2.06. The zero-order chi connectivity index (χ0) is 56.2. The topological polar surface area (TPSA) is 9.72 Å². The molecule has 5 unspecified atom stereocenters. The Balaban J connectivity index is 1.02. The van der Waals surface area contributed by atoms with E-state index in [-0.39, 0.29) is 39.3 Å². The maximum atomic E-state index is 2.98. The molecule has 9 aromatic rings. The predicted molar refractivity (Wildman–Crippen MR) is 352 cm³/mol. The number of para-hydroxylation sites is 1. The highest BCUT2D eigenvalue weighted by Crippen LogP contribution is 2.69. The van der Waals surface area contributed by atoms with Gasteiger partial charge in [-0.1, -0.05) is 198 Å². The van der Waals surface area contributed by atoms with Gasteiger partial charge in [0.1, 0.15) is 0 Å². The fourth-order valence-electron chi connectivity index (χ4n) is 17.9. The second-order valence-corrected chi connectivity index (χ2v) is 30.7. The molecule has 0 saturated heterocycles. The van der Waals surface area contributed by atoms with Gasteiger partial charge in [-0.05, 0) is 172 Å². The normalized spacial score (nSPS) is 23.5. The van der Waals surface area contributed by atoms with E-state index in [4.69, 9.17) is 0 Å². The molecule has 0 radical (unpaired) electrons. The molecular formula is C77H78BN3S. The zero-order valence-electron chi connectivity index (χ0n) is 50.2. The van der Waals surface area contributed by atoms with Crippen LogP contribution in [0.5, 0.6) is 0 Å². The predicted octanol–water partition coefficient (Wildman–Crippen LogP) is 19.4. The molecule has 4 aliphatic carbocycles. The first-order valence-corrected chi connectivity index (χ1v) is 31.9. The minimum atomic E-state index is -0.206. The molecule has 410 valence electrons. The van der Waals surface area contributed by atoms with Gasteiger partial charge in [0.05, 0.1) is 28.3 Å². The van der Waals surface area contributed by atoms with Crippen molar-refractivity contribution in [2.75, 3.05) is 14.7 Å². The fourth-order valence-corrected chi connectivity index (χ4v) is 19.2. The highest BCUT2D eigenvalue weighted by molar-refractivity contribution is 7.33. The van der Waals surface area contributed by atoms with Crippen molar-refractivity contribution in [1.82, 2.24) is 0 Å². The molecule has 0 amide bonds. The van der Waals surface area contributed by atoms with Crippen LogP contribution in [0.4, 0.5) is 45.5 Å². The lowest BCUT2D eigenvalue weighted by Gasteiger charge is -2.53. The first-order valence-electron chi connectivity index (χ1n) is 31.1. The minimum absolute atomic E-state index is 0.0185. The van der Waals surface area contributed by atoms with Gasteiger partial charge in [-0.3, -0.25) is 0 Å². The van der Waals surface area contributed by atoms with E-state index in [0.717, 1.165) is 18.8 Å². The number of nitrogens with zero attached hydrogens (tertiary/aromatic N) is 3. The van der Waals surface area contributed by atoms with Crippen LogP contribution in [0.15, 0.2) is 164 Å².